The number of rotatable bonds is 5. The van der Waals surface area contributed by atoms with Gasteiger partial charge in [0, 0.05) is 43.3 Å². The molecule has 0 radical (unpaired) electrons. The van der Waals surface area contributed by atoms with Crippen LogP contribution in [0.15, 0.2) is 54.9 Å². The van der Waals surface area contributed by atoms with Gasteiger partial charge in [-0.05, 0) is 24.6 Å². The molecule has 7 nitrogen and oxygen atoms in total. The maximum atomic E-state index is 6.17. The summed E-state index contributed by atoms with van der Waals surface area (Å²) in [7, 11) is 0. The smallest absolute Gasteiger partial charge is 0.230 e. The minimum absolute atomic E-state index is 0.436. The Balaban J connectivity index is 1.50. The van der Waals surface area contributed by atoms with Crippen LogP contribution in [0.25, 0.3) is 0 Å². The molecular formula is C22H23N5O2. The average molecular weight is 389 g/mol. The molecule has 1 aromatic carbocycles. The Morgan fingerprint density at radius 1 is 0.966 bits per heavy atom. The van der Waals surface area contributed by atoms with E-state index in [9.17, 15) is 0 Å². The molecule has 3 aromatic rings. The van der Waals surface area contributed by atoms with Gasteiger partial charge in [-0.15, -0.1) is 0 Å². The molecule has 0 N–H and O–H groups in total. The molecule has 1 saturated heterocycles. The fourth-order valence-electron chi connectivity index (χ4n) is 3.73. The summed E-state index contributed by atoms with van der Waals surface area (Å²) < 4.78 is 11.7. The van der Waals surface area contributed by atoms with Crippen molar-refractivity contribution in [1.82, 2.24) is 15.0 Å². The molecule has 29 heavy (non-hydrogen) atoms. The van der Waals surface area contributed by atoms with Crippen LogP contribution in [-0.2, 0) is 17.8 Å². The highest BCUT2D eigenvalue weighted by Crippen LogP contribution is 2.38. The van der Waals surface area contributed by atoms with Crippen LogP contribution in [0.4, 0.5) is 17.5 Å². The number of hydrogen-bond donors (Lipinski definition) is 0. The van der Waals surface area contributed by atoms with Gasteiger partial charge in [-0.1, -0.05) is 24.3 Å². The average Bonchev–Trinajstić information content (AvgIpc) is 3.23. The van der Waals surface area contributed by atoms with Gasteiger partial charge in [0.15, 0.2) is 0 Å². The van der Waals surface area contributed by atoms with Crippen LogP contribution >= 0.6 is 0 Å². The number of para-hydroxylation sites is 1. The Hall–Kier alpha value is -3.19. The van der Waals surface area contributed by atoms with Crippen molar-refractivity contribution in [1.29, 1.82) is 0 Å². The number of hydrogen-bond acceptors (Lipinski definition) is 7. The Morgan fingerprint density at radius 3 is 2.62 bits per heavy atom. The van der Waals surface area contributed by atoms with Crippen LogP contribution in [0.2, 0.25) is 0 Å². The molecule has 5 rings (SSSR count). The highest BCUT2D eigenvalue weighted by molar-refractivity contribution is 5.69. The molecular weight excluding hydrogens is 366 g/mol. The summed E-state index contributed by atoms with van der Waals surface area (Å²) >= 11 is 0. The van der Waals surface area contributed by atoms with Gasteiger partial charge in [0.25, 0.3) is 0 Å². The van der Waals surface area contributed by atoms with E-state index in [0.29, 0.717) is 31.6 Å². The van der Waals surface area contributed by atoms with Crippen LogP contribution < -0.4 is 14.5 Å². The molecule has 0 unspecified atom stereocenters. The van der Waals surface area contributed by atoms with E-state index in [1.54, 1.807) is 6.20 Å². The number of ether oxygens (including phenoxy) is 2. The van der Waals surface area contributed by atoms with E-state index in [1.165, 1.54) is 0 Å². The van der Waals surface area contributed by atoms with Crippen molar-refractivity contribution in [3.63, 3.8) is 0 Å². The van der Waals surface area contributed by atoms with E-state index in [0.717, 1.165) is 48.7 Å². The summed E-state index contributed by atoms with van der Waals surface area (Å²) in [4.78, 5) is 18.3. The number of morpholine rings is 1. The first kappa shape index (κ1) is 17.9. The standard InChI is InChI=1S/C22H23N5O2/c1-2-6-18(7-3-1)27-10-8-19-20(27)24-22(26-11-13-28-14-12-26)25-21(19)29-16-17-5-4-9-23-15-17/h1-7,9,15H,8,10-14,16H2. The molecule has 0 spiro atoms. The molecule has 0 aliphatic carbocycles. The molecule has 2 aliphatic rings. The molecule has 148 valence electrons. The Morgan fingerprint density at radius 2 is 1.83 bits per heavy atom. The SMILES string of the molecule is c1ccc(N2CCc3c(OCc4cccnc4)nc(N4CCOCC4)nc32)cc1. The molecule has 0 amide bonds. The monoisotopic (exact) mass is 389 g/mol. The summed E-state index contributed by atoms with van der Waals surface area (Å²) in [5.41, 5.74) is 3.22. The van der Waals surface area contributed by atoms with Crippen molar-refractivity contribution in [2.45, 2.75) is 13.0 Å². The number of nitrogens with zero attached hydrogens (tertiary/aromatic N) is 5. The van der Waals surface area contributed by atoms with Crippen molar-refractivity contribution in [2.75, 3.05) is 42.6 Å². The van der Waals surface area contributed by atoms with E-state index in [1.807, 2.05) is 24.4 Å². The second-order valence-electron chi connectivity index (χ2n) is 7.12. The third-order valence-corrected chi connectivity index (χ3v) is 5.24. The highest BCUT2D eigenvalue weighted by atomic mass is 16.5. The number of fused-ring (bicyclic) bond motifs is 1. The van der Waals surface area contributed by atoms with Crippen molar-refractivity contribution >= 4 is 17.5 Å². The Bertz CT molecular complexity index is 962. The molecule has 0 bridgehead atoms. The molecule has 4 heterocycles. The molecule has 2 aromatic heterocycles. The second kappa shape index (κ2) is 8.05. The zero-order chi connectivity index (χ0) is 19.5. The number of benzene rings is 1. The zero-order valence-corrected chi connectivity index (χ0v) is 16.2. The van der Waals surface area contributed by atoms with Crippen LogP contribution in [0, 0.1) is 0 Å². The number of anilines is 3. The minimum atomic E-state index is 0.436. The summed E-state index contributed by atoms with van der Waals surface area (Å²) in [5.74, 6) is 2.31. The Kier molecular flexibility index (Phi) is 4.96. The maximum absolute atomic E-state index is 6.17. The minimum Gasteiger partial charge on any atom is -0.472 e. The van der Waals surface area contributed by atoms with Crippen molar-refractivity contribution in [2.24, 2.45) is 0 Å². The van der Waals surface area contributed by atoms with E-state index >= 15 is 0 Å². The van der Waals surface area contributed by atoms with Gasteiger partial charge in [-0.2, -0.15) is 9.97 Å². The zero-order valence-electron chi connectivity index (χ0n) is 16.2. The van der Waals surface area contributed by atoms with Crippen molar-refractivity contribution in [3.8, 4) is 5.88 Å². The van der Waals surface area contributed by atoms with Gasteiger partial charge in [-0.3, -0.25) is 4.98 Å². The van der Waals surface area contributed by atoms with E-state index in [-0.39, 0.29) is 0 Å². The first-order valence-corrected chi connectivity index (χ1v) is 9.96. The third kappa shape index (κ3) is 3.73. The second-order valence-corrected chi connectivity index (χ2v) is 7.12. The van der Waals surface area contributed by atoms with E-state index in [2.05, 4.69) is 39.0 Å². The summed E-state index contributed by atoms with van der Waals surface area (Å²) in [5, 5.41) is 0. The van der Waals surface area contributed by atoms with Crippen molar-refractivity contribution in [3.05, 3.63) is 66.0 Å². The summed E-state index contributed by atoms with van der Waals surface area (Å²) in [6.45, 7) is 4.25. The molecule has 1 fully saturated rings. The fourth-order valence-corrected chi connectivity index (χ4v) is 3.73. The predicted molar refractivity (Wildman–Crippen MR) is 111 cm³/mol. The lowest BCUT2D eigenvalue weighted by molar-refractivity contribution is 0.122. The number of pyridine rings is 1. The molecule has 0 saturated carbocycles. The largest absolute Gasteiger partial charge is 0.472 e. The Labute approximate surface area is 169 Å². The van der Waals surface area contributed by atoms with Gasteiger partial charge in [0.1, 0.15) is 12.4 Å². The molecule has 7 heteroatoms. The number of aromatic nitrogens is 3. The summed E-state index contributed by atoms with van der Waals surface area (Å²) in [6, 6.07) is 14.3. The van der Waals surface area contributed by atoms with Gasteiger partial charge in [0.05, 0.1) is 18.8 Å². The fraction of sp³-hybridized carbons (Fsp3) is 0.318. The molecule has 2 aliphatic heterocycles. The van der Waals surface area contributed by atoms with Crippen LogP contribution in [0.1, 0.15) is 11.1 Å². The first-order chi connectivity index (χ1) is 14.4. The first-order valence-electron chi connectivity index (χ1n) is 9.96. The predicted octanol–water partition coefficient (Wildman–Crippen LogP) is 2.98. The topological polar surface area (TPSA) is 63.6 Å². The lowest BCUT2D eigenvalue weighted by atomic mass is 10.2. The maximum Gasteiger partial charge on any atom is 0.230 e. The van der Waals surface area contributed by atoms with Gasteiger partial charge >= 0.3 is 0 Å². The van der Waals surface area contributed by atoms with Gasteiger partial charge < -0.3 is 19.3 Å². The quantitative estimate of drug-likeness (QED) is 0.665. The van der Waals surface area contributed by atoms with E-state index in [4.69, 9.17) is 19.4 Å². The normalized spacial score (nSPS) is 16.0. The van der Waals surface area contributed by atoms with Crippen LogP contribution in [0.3, 0.4) is 0 Å². The van der Waals surface area contributed by atoms with Gasteiger partial charge in [-0.25, -0.2) is 0 Å². The van der Waals surface area contributed by atoms with E-state index < -0.39 is 0 Å². The van der Waals surface area contributed by atoms with Gasteiger partial charge in [0.2, 0.25) is 11.8 Å². The lowest BCUT2D eigenvalue weighted by Gasteiger charge is -2.28. The van der Waals surface area contributed by atoms with Crippen molar-refractivity contribution < 1.29 is 9.47 Å². The lowest BCUT2D eigenvalue weighted by Crippen LogP contribution is -2.37. The van der Waals surface area contributed by atoms with Crippen LogP contribution in [0.5, 0.6) is 5.88 Å². The van der Waals surface area contributed by atoms with Crippen LogP contribution in [-0.4, -0.2) is 47.8 Å². The third-order valence-electron chi connectivity index (χ3n) is 5.24. The summed E-state index contributed by atoms with van der Waals surface area (Å²) in [6.07, 6.45) is 4.44. The highest BCUT2D eigenvalue weighted by Gasteiger charge is 2.29. The molecule has 0 atom stereocenters.